The Kier molecular flexibility index (Phi) is 8.13. The van der Waals surface area contributed by atoms with E-state index in [0.29, 0.717) is 30.1 Å². The predicted molar refractivity (Wildman–Crippen MR) is 132 cm³/mol. The molecule has 1 saturated carbocycles. The van der Waals surface area contributed by atoms with Crippen LogP contribution in [0.25, 0.3) is 0 Å². The maximum Gasteiger partial charge on any atom is 0.303 e. The fraction of sp³-hybridized carbons (Fsp3) is 0.379. The Morgan fingerprint density at radius 3 is 2.21 bits per heavy atom. The number of aliphatic carboxylic acids is 1. The van der Waals surface area contributed by atoms with Crippen LogP contribution in [0.4, 0.5) is 0 Å². The molecule has 3 aliphatic rings. The lowest BCUT2D eigenvalue weighted by Gasteiger charge is -2.43. The first-order valence-electron chi connectivity index (χ1n) is 12.1. The molecule has 4 heteroatoms. The van der Waals surface area contributed by atoms with E-state index in [2.05, 4.69) is 53.7 Å². The molecule has 1 N–H and O–H groups in total. The van der Waals surface area contributed by atoms with E-state index in [0.717, 1.165) is 24.0 Å². The van der Waals surface area contributed by atoms with E-state index in [-0.39, 0.29) is 12.5 Å². The minimum atomic E-state index is -0.723. The lowest BCUT2D eigenvalue weighted by atomic mass is 9.62. The first-order chi connectivity index (χ1) is 16.2. The second-order valence-corrected chi connectivity index (χ2v) is 9.09. The monoisotopic (exact) mass is 443 g/mol. The van der Waals surface area contributed by atoms with Crippen LogP contribution in [0, 0.1) is 23.7 Å². The summed E-state index contributed by atoms with van der Waals surface area (Å²) in [7, 11) is 0. The number of benzene rings is 2. The van der Waals surface area contributed by atoms with Crippen LogP contribution in [0.3, 0.4) is 0 Å². The summed E-state index contributed by atoms with van der Waals surface area (Å²) in [6.45, 7) is 0. The van der Waals surface area contributed by atoms with Crippen molar-refractivity contribution in [2.75, 3.05) is 0 Å². The van der Waals surface area contributed by atoms with Gasteiger partial charge in [-0.25, -0.2) is 0 Å². The molecule has 0 spiro atoms. The van der Waals surface area contributed by atoms with Gasteiger partial charge in [0.15, 0.2) is 6.10 Å². The SMILES string of the molecule is O=C(O)CCC/C=C\C[C@@H]1[C@H](/C=N\OC(c2ccccc2)c2ccccc2)[C@@H]2C=C[C@H]1CC2. The molecule has 0 saturated heterocycles. The topological polar surface area (TPSA) is 58.9 Å². The van der Waals surface area contributed by atoms with E-state index >= 15 is 0 Å². The maximum absolute atomic E-state index is 10.7. The second-order valence-electron chi connectivity index (χ2n) is 9.09. The maximum atomic E-state index is 10.7. The fourth-order valence-corrected chi connectivity index (χ4v) is 5.17. The molecule has 172 valence electrons. The van der Waals surface area contributed by atoms with Crippen molar-refractivity contribution in [3.05, 3.63) is 96.1 Å². The van der Waals surface area contributed by atoms with Gasteiger partial charge in [-0.15, -0.1) is 0 Å². The van der Waals surface area contributed by atoms with Crippen LogP contribution in [0.1, 0.15) is 55.8 Å². The highest BCUT2D eigenvalue weighted by atomic mass is 16.6. The van der Waals surface area contributed by atoms with E-state index in [1.54, 1.807) is 0 Å². The Balaban J connectivity index is 1.42. The van der Waals surface area contributed by atoms with E-state index in [4.69, 9.17) is 9.94 Å². The number of carboxylic acids is 1. The Morgan fingerprint density at radius 2 is 1.61 bits per heavy atom. The molecule has 2 bridgehead atoms. The number of fused-ring (bicyclic) bond motifs is 2. The van der Waals surface area contributed by atoms with E-state index in [1.807, 2.05) is 42.6 Å². The minimum Gasteiger partial charge on any atom is -0.481 e. The van der Waals surface area contributed by atoms with Gasteiger partial charge in [0.2, 0.25) is 0 Å². The molecule has 5 rings (SSSR count). The van der Waals surface area contributed by atoms with E-state index in [1.165, 1.54) is 12.8 Å². The smallest absolute Gasteiger partial charge is 0.303 e. The molecule has 1 fully saturated rings. The molecular weight excluding hydrogens is 410 g/mol. The van der Waals surface area contributed by atoms with Gasteiger partial charge < -0.3 is 9.94 Å². The standard InChI is InChI=1S/C29H33NO3/c31-28(32)16-10-2-1-9-15-26-22-17-19-23(20-18-22)27(26)21-30-33-29(24-11-5-3-6-12-24)25-13-7-4-8-14-25/h1,3-9,11-14,17,19,21-23,26-27,29H,2,10,15-16,18,20H2,(H,31,32)/b9-1-,30-21-/t22-,23+,26-,27+/m0/s1. The summed E-state index contributed by atoms with van der Waals surface area (Å²) < 4.78 is 0. The zero-order chi connectivity index (χ0) is 22.9. The van der Waals surface area contributed by atoms with Gasteiger partial charge in [-0.2, -0.15) is 0 Å². The largest absolute Gasteiger partial charge is 0.481 e. The van der Waals surface area contributed by atoms with Crippen molar-refractivity contribution >= 4 is 12.2 Å². The number of hydrogen-bond donors (Lipinski definition) is 1. The summed E-state index contributed by atoms with van der Waals surface area (Å²) in [5, 5.41) is 13.3. The van der Waals surface area contributed by atoms with Gasteiger partial charge in [0.25, 0.3) is 0 Å². The van der Waals surface area contributed by atoms with E-state index < -0.39 is 5.97 Å². The fourth-order valence-electron chi connectivity index (χ4n) is 5.17. The van der Waals surface area contributed by atoms with Gasteiger partial charge in [-0.3, -0.25) is 4.79 Å². The van der Waals surface area contributed by atoms with Crippen molar-refractivity contribution in [2.24, 2.45) is 28.8 Å². The highest BCUT2D eigenvalue weighted by Gasteiger charge is 2.39. The zero-order valence-electron chi connectivity index (χ0n) is 19.0. The van der Waals surface area contributed by atoms with Crippen molar-refractivity contribution in [1.29, 1.82) is 0 Å². The number of carbonyl (C=O) groups is 1. The normalized spacial score (nSPS) is 24.2. The average molecular weight is 444 g/mol. The number of carboxylic acid groups (broad SMARTS) is 1. The number of nitrogens with zero attached hydrogens (tertiary/aromatic N) is 1. The van der Waals surface area contributed by atoms with Crippen molar-refractivity contribution in [2.45, 2.75) is 44.6 Å². The number of hydrogen-bond acceptors (Lipinski definition) is 3. The highest BCUT2D eigenvalue weighted by Crippen LogP contribution is 2.45. The average Bonchev–Trinajstić information content (AvgIpc) is 2.86. The molecule has 4 nitrogen and oxygen atoms in total. The molecule has 0 radical (unpaired) electrons. The molecule has 3 aliphatic carbocycles. The van der Waals surface area contributed by atoms with Gasteiger partial charge >= 0.3 is 5.97 Å². The third-order valence-corrected chi connectivity index (χ3v) is 6.92. The molecule has 0 heterocycles. The predicted octanol–water partition coefficient (Wildman–Crippen LogP) is 6.81. The quantitative estimate of drug-likeness (QED) is 0.180. The van der Waals surface area contributed by atoms with Gasteiger partial charge in [0, 0.05) is 18.6 Å². The molecule has 4 atom stereocenters. The Hall–Kier alpha value is -3.14. The lowest BCUT2D eigenvalue weighted by molar-refractivity contribution is -0.137. The Morgan fingerprint density at radius 1 is 0.970 bits per heavy atom. The third kappa shape index (κ3) is 6.22. The summed E-state index contributed by atoms with van der Waals surface area (Å²) in [5.41, 5.74) is 2.18. The second kappa shape index (κ2) is 11.6. The summed E-state index contributed by atoms with van der Waals surface area (Å²) in [6.07, 6.45) is 16.1. The molecule has 0 amide bonds. The molecule has 0 aromatic heterocycles. The minimum absolute atomic E-state index is 0.229. The molecule has 0 aliphatic heterocycles. The summed E-state index contributed by atoms with van der Waals surface area (Å²) in [4.78, 5) is 16.8. The van der Waals surface area contributed by atoms with Crippen LogP contribution in [0.15, 0.2) is 90.1 Å². The van der Waals surface area contributed by atoms with Crippen LogP contribution < -0.4 is 0 Å². The Labute approximate surface area is 196 Å². The van der Waals surface area contributed by atoms with Crippen LogP contribution in [-0.2, 0) is 9.63 Å². The lowest BCUT2D eigenvalue weighted by Crippen LogP contribution is -2.37. The molecule has 0 unspecified atom stereocenters. The van der Waals surface area contributed by atoms with Crippen molar-refractivity contribution in [1.82, 2.24) is 0 Å². The molecule has 2 aromatic carbocycles. The third-order valence-electron chi connectivity index (χ3n) is 6.92. The molecular formula is C29H33NO3. The Bertz CT molecular complexity index is 927. The van der Waals surface area contributed by atoms with Gasteiger partial charge in [-0.1, -0.05) is 90.1 Å². The zero-order valence-corrected chi connectivity index (χ0v) is 19.0. The van der Waals surface area contributed by atoms with Crippen LogP contribution in [0.2, 0.25) is 0 Å². The van der Waals surface area contributed by atoms with Crippen molar-refractivity contribution in [3.63, 3.8) is 0 Å². The summed E-state index contributed by atoms with van der Waals surface area (Å²) in [5.74, 6) is 1.25. The molecule has 2 aromatic rings. The van der Waals surface area contributed by atoms with Crippen LogP contribution in [-0.4, -0.2) is 17.3 Å². The van der Waals surface area contributed by atoms with Gasteiger partial charge in [0.05, 0.1) is 0 Å². The first kappa shape index (κ1) is 23.0. The number of allylic oxidation sites excluding steroid dienone is 4. The summed E-state index contributed by atoms with van der Waals surface area (Å²) >= 11 is 0. The van der Waals surface area contributed by atoms with Crippen LogP contribution in [0.5, 0.6) is 0 Å². The number of oxime groups is 1. The number of unbranched alkanes of at least 4 members (excludes halogenated alkanes) is 1. The van der Waals surface area contributed by atoms with Gasteiger partial charge in [-0.05, 0) is 61.0 Å². The number of rotatable bonds is 11. The van der Waals surface area contributed by atoms with E-state index in [9.17, 15) is 4.79 Å². The molecule has 33 heavy (non-hydrogen) atoms. The highest BCUT2D eigenvalue weighted by molar-refractivity contribution is 5.66. The van der Waals surface area contributed by atoms with Crippen molar-refractivity contribution < 1.29 is 14.7 Å². The van der Waals surface area contributed by atoms with Crippen molar-refractivity contribution in [3.8, 4) is 0 Å². The first-order valence-corrected chi connectivity index (χ1v) is 12.1. The van der Waals surface area contributed by atoms with Crippen LogP contribution >= 0.6 is 0 Å². The van der Waals surface area contributed by atoms with Gasteiger partial charge in [0.1, 0.15) is 0 Å². The summed E-state index contributed by atoms with van der Waals surface area (Å²) in [6, 6.07) is 20.5.